The Hall–Kier alpha value is -1.62. The maximum atomic E-state index is 9.95. The Morgan fingerprint density at radius 1 is 1.32 bits per heavy atom. The van der Waals surface area contributed by atoms with Crippen LogP contribution in [-0.4, -0.2) is 24.4 Å². The first-order chi connectivity index (χ1) is 9.24. The van der Waals surface area contributed by atoms with Crippen LogP contribution >= 0.6 is 0 Å². The lowest BCUT2D eigenvalue weighted by molar-refractivity contribution is 0.166. The predicted octanol–water partition coefficient (Wildman–Crippen LogP) is 2.37. The van der Waals surface area contributed by atoms with Crippen molar-refractivity contribution in [3.05, 3.63) is 36.2 Å². The van der Waals surface area contributed by atoms with Gasteiger partial charge in [-0.25, -0.2) is 9.67 Å². The fourth-order valence-corrected chi connectivity index (χ4v) is 2.17. The first kappa shape index (κ1) is 13.8. The molecule has 2 aromatic rings. The molecule has 19 heavy (non-hydrogen) atoms. The number of hydrogen-bond acceptors (Lipinski definition) is 3. The van der Waals surface area contributed by atoms with Gasteiger partial charge in [0.2, 0.25) is 0 Å². The third-order valence-corrected chi connectivity index (χ3v) is 3.18. The number of nitrogens with zero attached hydrogens (tertiary/aromatic N) is 4. The first-order valence-electron chi connectivity index (χ1n) is 6.95. The number of rotatable bonds is 7. The summed E-state index contributed by atoms with van der Waals surface area (Å²) in [5, 5.41) is 14.2. The lowest BCUT2D eigenvalue weighted by Gasteiger charge is -2.07. The minimum atomic E-state index is -0.361. The Bertz CT molecular complexity index is 503. The molecule has 5 heteroatoms. The normalized spacial score (nSPS) is 12.8. The van der Waals surface area contributed by atoms with Crippen LogP contribution in [0.25, 0.3) is 0 Å². The van der Waals surface area contributed by atoms with Crippen molar-refractivity contribution >= 4 is 0 Å². The van der Waals surface area contributed by atoms with E-state index in [1.54, 1.807) is 6.33 Å². The van der Waals surface area contributed by atoms with Gasteiger partial charge in [0, 0.05) is 18.9 Å². The van der Waals surface area contributed by atoms with Crippen LogP contribution in [0.2, 0.25) is 0 Å². The van der Waals surface area contributed by atoms with E-state index in [9.17, 15) is 5.11 Å². The second-order valence-electron chi connectivity index (χ2n) is 4.82. The largest absolute Gasteiger partial charge is 0.388 e. The van der Waals surface area contributed by atoms with Crippen molar-refractivity contribution in [2.45, 2.75) is 52.3 Å². The molecular weight excluding hydrogens is 240 g/mol. The molecule has 1 unspecified atom stereocenters. The number of aromatic nitrogens is 4. The summed E-state index contributed by atoms with van der Waals surface area (Å²) in [5.74, 6) is 0.953. The SMILES string of the molecule is CCCC(O)c1ccn(Cc2ncnn2CCC)c1. The minimum Gasteiger partial charge on any atom is -0.388 e. The van der Waals surface area contributed by atoms with Gasteiger partial charge in [-0.1, -0.05) is 20.3 Å². The van der Waals surface area contributed by atoms with Crippen molar-refractivity contribution in [1.82, 2.24) is 19.3 Å². The van der Waals surface area contributed by atoms with Gasteiger partial charge in [-0.05, 0) is 24.5 Å². The van der Waals surface area contributed by atoms with Crippen LogP contribution in [0.1, 0.15) is 50.6 Å². The molecule has 0 amide bonds. The van der Waals surface area contributed by atoms with Gasteiger partial charge in [-0.3, -0.25) is 0 Å². The van der Waals surface area contributed by atoms with E-state index < -0.39 is 0 Å². The summed E-state index contributed by atoms with van der Waals surface area (Å²) in [6.45, 7) is 5.79. The molecule has 1 atom stereocenters. The van der Waals surface area contributed by atoms with Crippen molar-refractivity contribution in [2.24, 2.45) is 0 Å². The quantitative estimate of drug-likeness (QED) is 0.833. The molecule has 0 fully saturated rings. The maximum absolute atomic E-state index is 9.95. The van der Waals surface area contributed by atoms with E-state index in [1.807, 2.05) is 27.7 Å². The molecule has 0 aromatic carbocycles. The van der Waals surface area contributed by atoms with Gasteiger partial charge in [0.15, 0.2) is 0 Å². The summed E-state index contributed by atoms with van der Waals surface area (Å²) < 4.78 is 3.98. The van der Waals surface area contributed by atoms with Gasteiger partial charge in [0.25, 0.3) is 0 Å². The van der Waals surface area contributed by atoms with Crippen molar-refractivity contribution in [2.75, 3.05) is 0 Å². The smallest absolute Gasteiger partial charge is 0.146 e. The Labute approximate surface area is 113 Å². The molecule has 104 valence electrons. The van der Waals surface area contributed by atoms with Crippen LogP contribution in [-0.2, 0) is 13.1 Å². The Morgan fingerprint density at radius 3 is 2.89 bits per heavy atom. The number of aliphatic hydroxyl groups is 1. The van der Waals surface area contributed by atoms with E-state index in [4.69, 9.17) is 0 Å². The highest BCUT2D eigenvalue weighted by Crippen LogP contribution is 2.18. The number of aryl methyl sites for hydroxylation is 1. The molecule has 0 radical (unpaired) electrons. The van der Waals surface area contributed by atoms with Crippen LogP contribution in [0, 0.1) is 0 Å². The summed E-state index contributed by atoms with van der Waals surface area (Å²) in [7, 11) is 0. The first-order valence-corrected chi connectivity index (χ1v) is 6.95. The highest BCUT2D eigenvalue weighted by molar-refractivity contribution is 5.14. The number of aliphatic hydroxyl groups excluding tert-OH is 1. The van der Waals surface area contributed by atoms with E-state index in [2.05, 4.69) is 23.9 Å². The molecule has 0 aliphatic heterocycles. The zero-order valence-electron chi connectivity index (χ0n) is 11.7. The van der Waals surface area contributed by atoms with Crippen LogP contribution in [0.4, 0.5) is 0 Å². The van der Waals surface area contributed by atoms with Crippen molar-refractivity contribution in [3.8, 4) is 0 Å². The molecule has 2 heterocycles. The predicted molar refractivity (Wildman–Crippen MR) is 73.7 cm³/mol. The third kappa shape index (κ3) is 3.44. The van der Waals surface area contributed by atoms with Crippen LogP contribution in [0.5, 0.6) is 0 Å². The van der Waals surface area contributed by atoms with E-state index in [-0.39, 0.29) is 6.10 Å². The fraction of sp³-hybridized carbons (Fsp3) is 0.571. The zero-order chi connectivity index (χ0) is 13.7. The van der Waals surface area contributed by atoms with Gasteiger partial charge in [-0.15, -0.1) is 0 Å². The molecule has 0 saturated carbocycles. The molecule has 2 aromatic heterocycles. The second-order valence-corrected chi connectivity index (χ2v) is 4.82. The summed E-state index contributed by atoms with van der Waals surface area (Å²) in [5.41, 5.74) is 0.975. The number of hydrogen-bond donors (Lipinski definition) is 1. The molecular formula is C14H22N4O. The summed E-state index contributed by atoms with van der Waals surface area (Å²) in [6, 6.07) is 1.97. The van der Waals surface area contributed by atoms with Gasteiger partial charge >= 0.3 is 0 Å². The van der Waals surface area contributed by atoms with Gasteiger partial charge in [0.1, 0.15) is 12.2 Å². The zero-order valence-corrected chi connectivity index (χ0v) is 11.7. The lowest BCUT2D eigenvalue weighted by Crippen LogP contribution is -2.09. The summed E-state index contributed by atoms with van der Waals surface area (Å²) in [6.07, 6.45) is 8.04. The Morgan fingerprint density at radius 2 is 2.16 bits per heavy atom. The van der Waals surface area contributed by atoms with Crippen molar-refractivity contribution in [1.29, 1.82) is 0 Å². The van der Waals surface area contributed by atoms with Gasteiger partial charge in [-0.2, -0.15) is 5.10 Å². The molecule has 0 spiro atoms. The molecule has 2 rings (SSSR count). The average molecular weight is 262 g/mol. The second kappa shape index (κ2) is 6.52. The highest BCUT2D eigenvalue weighted by Gasteiger charge is 2.09. The van der Waals surface area contributed by atoms with E-state index in [0.29, 0.717) is 6.54 Å². The van der Waals surface area contributed by atoms with E-state index in [1.165, 1.54) is 0 Å². The third-order valence-electron chi connectivity index (χ3n) is 3.18. The van der Waals surface area contributed by atoms with Crippen molar-refractivity contribution < 1.29 is 5.11 Å². The lowest BCUT2D eigenvalue weighted by atomic mass is 10.1. The van der Waals surface area contributed by atoms with E-state index >= 15 is 0 Å². The Balaban J connectivity index is 2.05. The van der Waals surface area contributed by atoms with Crippen LogP contribution < -0.4 is 0 Å². The van der Waals surface area contributed by atoms with E-state index in [0.717, 1.165) is 37.2 Å². The summed E-state index contributed by atoms with van der Waals surface area (Å²) in [4.78, 5) is 4.29. The molecule has 0 bridgehead atoms. The topological polar surface area (TPSA) is 55.9 Å². The van der Waals surface area contributed by atoms with Gasteiger partial charge < -0.3 is 9.67 Å². The molecule has 0 aliphatic rings. The fourth-order valence-electron chi connectivity index (χ4n) is 2.17. The average Bonchev–Trinajstić information content (AvgIpc) is 3.01. The maximum Gasteiger partial charge on any atom is 0.146 e. The Kier molecular flexibility index (Phi) is 4.74. The standard InChI is InChI=1S/C14H22N4O/c1-3-5-13(19)12-6-8-17(9-12)10-14-15-11-16-18(14)7-4-2/h6,8-9,11,13,19H,3-5,7,10H2,1-2H3. The van der Waals surface area contributed by atoms with Crippen LogP contribution in [0.15, 0.2) is 24.8 Å². The monoisotopic (exact) mass is 262 g/mol. The summed E-state index contributed by atoms with van der Waals surface area (Å²) >= 11 is 0. The molecule has 0 aliphatic carbocycles. The van der Waals surface area contributed by atoms with Gasteiger partial charge in [0.05, 0.1) is 12.6 Å². The minimum absolute atomic E-state index is 0.361. The molecule has 0 saturated heterocycles. The molecule has 5 nitrogen and oxygen atoms in total. The highest BCUT2D eigenvalue weighted by atomic mass is 16.3. The molecule has 1 N–H and O–H groups in total. The van der Waals surface area contributed by atoms with Crippen LogP contribution in [0.3, 0.4) is 0 Å². The van der Waals surface area contributed by atoms with Crippen molar-refractivity contribution in [3.63, 3.8) is 0 Å².